The SMILES string of the molecule is CC1CCCC(O)(CNCC(O)COc2cnsn2)C1. The number of hydrogen-bond acceptors (Lipinski definition) is 7. The van der Waals surface area contributed by atoms with Crippen LogP contribution in [0.15, 0.2) is 6.20 Å². The summed E-state index contributed by atoms with van der Waals surface area (Å²) in [7, 11) is 0. The fourth-order valence-corrected chi connectivity index (χ4v) is 3.09. The molecule has 114 valence electrons. The Morgan fingerprint density at radius 3 is 3.20 bits per heavy atom. The van der Waals surface area contributed by atoms with Crippen LogP contribution in [0, 0.1) is 5.92 Å². The summed E-state index contributed by atoms with van der Waals surface area (Å²) >= 11 is 1.07. The molecule has 0 saturated heterocycles. The number of hydrogen-bond donors (Lipinski definition) is 3. The zero-order valence-electron chi connectivity index (χ0n) is 11.8. The topological polar surface area (TPSA) is 87.5 Å². The van der Waals surface area contributed by atoms with E-state index in [4.69, 9.17) is 4.74 Å². The quantitative estimate of drug-likeness (QED) is 0.691. The van der Waals surface area contributed by atoms with Crippen molar-refractivity contribution >= 4 is 11.7 Å². The van der Waals surface area contributed by atoms with Gasteiger partial charge in [-0.05, 0) is 18.8 Å². The van der Waals surface area contributed by atoms with E-state index >= 15 is 0 Å². The van der Waals surface area contributed by atoms with E-state index in [-0.39, 0.29) is 6.61 Å². The Labute approximate surface area is 123 Å². The number of nitrogens with one attached hydrogen (secondary N) is 1. The Bertz CT molecular complexity index is 390. The molecular weight excluding hydrogens is 278 g/mol. The van der Waals surface area contributed by atoms with Gasteiger partial charge in [0.2, 0.25) is 5.88 Å². The Morgan fingerprint density at radius 2 is 2.50 bits per heavy atom. The summed E-state index contributed by atoms with van der Waals surface area (Å²) in [6, 6.07) is 0. The molecule has 0 aliphatic heterocycles. The van der Waals surface area contributed by atoms with Gasteiger partial charge in [0.05, 0.1) is 17.3 Å². The van der Waals surface area contributed by atoms with Crippen molar-refractivity contribution in [3.8, 4) is 5.88 Å². The smallest absolute Gasteiger partial charge is 0.245 e. The molecule has 0 radical (unpaired) electrons. The summed E-state index contributed by atoms with van der Waals surface area (Å²) in [5.74, 6) is 1.01. The predicted molar refractivity (Wildman–Crippen MR) is 76.9 cm³/mol. The number of ether oxygens (including phenoxy) is 1. The molecule has 7 heteroatoms. The first-order valence-electron chi connectivity index (χ1n) is 7.09. The maximum absolute atomic E-state index is 10.4. The van der Waals surface area contributed by atoms with E-state index in [1.165, 1.54) is 12.6 Å². The van der Waals surface area contributed by atoms with E-state index < -0.39 is 11.7 Å². The Morgan fingerprint density at radius 1 is 1.65 bits per heavy atom. The van der Waals surface area contributed by atoms with Gasteiger partial charge in [0.1, 0.15) is 18.9 Å². The number of aromatic nitrogens is 2. The molecule has 1 aliphatic carbocycles. The first kappa shape index (κ1) is 15.6. The molecule has 1 aromatic heterocycles. The Hall–Kier alpha value is -0.760. The van der Waals surface area contributed by atoms with Crippen LogP contribution >= 0.6 is 11.7 Å². The van der Waals surface area contributed by atoms with Crippen molar-refractivity contribution in [3.05, 3.63) is 6.20 Å². The summed E-state index contributed by atoms with van der Waals surface area (Å²) in [5, 5.41) is 23.4. The second-order valence-electron chi connectivity index (χ2n) is 5.77. The molecule has 1 aromatic rings. The minimum atomic E-state index is -0.628. The van der Waals surface area contributed by atoms with Gasteiger partial charge in [-0.1, -0.05) is 19.8 Å². The highest BCUT2D eigenvalue weighted by molar-refractivity contribution is 6.99. The Balaban J connectivity index is 1.62. The van der Waals surface area contributed by atoms with Gasteiger partial charge in [-0.3, -0.25) is 0 Å². The maximum Gasteiger partial charge on any atom is 0.245 e. The van der Waals surface area contributed by atoms with E-state index in [0.29, 0.717) is 24.9 Å². The first-order chi connectivity index (χ1) is 9.57. The second-order valence-corrected chi connectivity index (χ2v) is 6.32. The lowest BCUT2D eigenvalue weighted by Gasteiger charge is -2.36. The highest BCUT2D eigenvalue weighted by atomic mass is 32.1. The molecule has 0 bridgehead atoms. The molecule has 20 heavy (non-hydrogen) atoms. The molecule has 3 atom stereocenters. The molecule has 1 saturated carbocycles. The molecule has 2 rings (SSSR count). The average molecular weight is 301 g/mol. The first-order valence-corrected chi connectivity index (χ1v) is 7.82. The molecule has 1 fully saturated rings. The summed E-state index contributed by atoms with van der Waals surface area (Å²) < 4.78 is 13.0. The average Bonchev–Trinajstić information content (AvgIpc) is 2.89. The van der Waals surface area contributed by atoms with Crippen molar-refractivity contribution in [2.24, 2.45) is 5.92 Å². The standard InChI is InChI=1S/C13H23N3O3S/c1-10-3-2-4-13(18,5-10)9-14-6-11(17)8-19-12-7-15-20-16-12/h7,10-11,14,17-18H,2-6,8-9H2,1H3. The van der Waals surface area contributed by atoms with Crippen LogP contribution in [0.3, 0.4) is 0 Å². The zero-order chi connectivity index (χ0) is 14.4. The minimum absolute atomic E-state index is 0.174. The Kier molecular flexibility index (Phi) is 5.71. The molecule has 3 N–H and O–H groups in total. The number of nitrogens with zero attached hydrogens (tertiary/aromatic N) is 2. The van der Waals surface area contributed by atoms with Crippen molar-refractivity contribution in [3.63, 3.8) is 0 Å². The largest absolute Gasteiger partial charge is 0.473 e. The summed E-state index contributed by atoms with van der Waals surface area (Å²) in [5.41, 5.74) is -0.628. The highest BCUT2D eigenvalue weighted by Crippen LogP contribution is 2.31. The van der Waals surface area contributed by atoms with E-state index in [2.05, 4.69) is 21.0 Å². The van der Waals surface area contributed by atoms with E-state index in [1.807, 2.05) is 0 Å². The molecule has 0 spiro atoms. The molecule has 0 amide bonds. The lowest BCUT2D eigenvalue weighted by molar-refractivity contribution is -0.0144. The number of aliphatic hydroxyl groups is 2. The molecule has 0 aromatic carbocycles. The lowest BCUT2D eigenvalue weighted by Crippen LogP contribution is -2.46. The van der Waals surface area contributed by atoms with Crippen molar-refractivity contribution < 1.29 is 14.9 Å². The van der Waals surface area contributed by atoms with Crippen LogP contribution in [-0.2, 0) is 0 Å². The number of rotatable bonds is 7. The van der Waals surface area contributed by atoms with Crippen LogP contribution in [-0.4, -0.2) is 50.4 Å². The predicted octanol–water partition coefficient (Wildman–Crippen LogP) is 0.809. The van der Waals surface area contributed by atoms with Crippen LogP contribution in [0.4, 0.5) is 0 Å². The second kappa shape index (κ2) is 7.31. The third-order valence-electron chi connectivity index (χ3n) is 3.67. The maximum atomic E-state index is 10.4. The van der Waals surface area contributed by atoms with Gasteiger partial charge in [0.15, 0.2) is 0 Å². The molecular formula is C13H23N3O3S. The van der Waals surface area contributed by atoms with E-state index in [9.17, 15) is 10.2 Å². The van der Waals surface area contributed by atoms with Crippen LogP contribution in [0.25, 0.3) is 0 Å². The third-order valence-corrected chi connectivity index (χ3v) is 4.13. The molecule has 1 aliphatic rings. The van der Waals surface area contributed by atoms with Gasteiger partial charge in [0, 0.05) is 13.1 Å². The number of aliphatic hydroxyl groups excluding tert-OH is 1. The lowest BCUT2D eigenvalue weighted by atomic mass is 9.79. The van der Waals surface area contributed by atoms with Gasteiger partial charge >= 0.3 is 0 Å². The molecule has 1 heterocycles. The van der Waals surface area contributed by atoms with Crippen LogP contribution < -0.4 is 10.1 Å². The van der Waals surface area contributed by atoms with Gasteiger partial charge in [-0.2, -0.15) is 4.37 Å². The summed E-state index contributed by atoms with van der Waals surface area (Å²) in [4.78, 5) is 0. The van der Waals surface area contributed by atoms with Crippen LogP contribution in [0.1, 0.15) is 32.6 Å². The monoisotopic (exact) mass is 301 g/mol. The van der Waals surface area contributed by atoms with Gasteiger partial charge in [0.25, 0.3) is 0 Å². The van der Waals surface area contributed by atoms with Gasteiger partial charge in [-0.25, -0.2) is 0 Å². The van der Waals surface area contributed by atoms with Crippen LogP contribution in [0.5, 0.6) is 5.88 Å². The van der Waals surface area contributed by atoms with Gasteiger partial charge < -0.3 is 20.3 Å². The summed E-state index contributed by atoms with van der Waals surface area (Å²) in [6.45, 7) is 3.27. The summed E-state index contributed by atoms with van der Waals surface area (Å²) in [6.07, 6.45) is 4.83. The fourth-order valence-electron chi connectivity index (χ4n) is 2.72. The normalized spacial score (nSPS) is 28.2. The van der Waals surface area contributed by atoms with Gasteiger partial charge in [-0.15, -0.1) is 4.37 Å². The van der Waals surface area contributed by atoms with Crippen molar-refractivity contribution in [1.82, 2.24) is 14.1 Å². The highest BCUT2D eigenvalue weighted by Gasteiger charge is 2.32. The third kappa shape index (κ3) is 4.97. The minimum Gasteiger partial charge on any atom is -0.473 e. The van der Waals surface area contributed by atoms with E-state index in [1.54, 1.807) is 0 Å². The van der Waals surface area contributed by atoms with Crippen molar-refractivity contribution in [2.45, 2.75) is 44.3 Å². The molecule has 3 unspecified atom stereocenters. The van der Waals surface area contributed by atoms with Crippen molar-refractivity contribution in [2.75, 3.05) is 19.7 Å². The van der Waals surface area contributed by atoms with Crippen molar-refractivity contribution in [1.29, 1.82) is 0 Å². The van der Waals surface area contributed by atoms with Crippen LogP contribution in [0.2, 0.25) is 0 Å². The fraction of sp³-hybridized carbons (Fsp3) is 0.846. The zero-order valence-corrected chi connectivity index (χ0v) is 12.6. The van der Waals surface area contributed by atoms with E-state index in [0.717, 1.165) is 31.0 Å². The molecule has 6 nitrogen and oxygen atoms in total.